The van der Waals surface area contributed by atoms with Crippen LogP contribution in [0.2, 0.25) is 0 Å². The van der Waals surface area contributed by atoms with Crippen LogP contribution in [0.4, 0.5) is 4.39 Å². The zero-order valence-electron chi connectivity index (χ0n) is 12.2. The minimum atomic E-state index is -1.42. The highest BCUT2D eigenvalue weighted by atomic mass is 19.1. The van der Waals surface area contributed by atoms with E-state index in [2.05, 4.69) is 10.1 Å². The van der Waals surface area contributed by atoms with Crippen molar-refractivity contribution in [2.75, 3.05) is 13.7 Å². The Morgan fingerprint density at radius 1 is 1.43 bits per heavy atom. The number of benzene rings is 1. The van der Waals surface area contributed by atoms with E-state index in [9.17, 15) is 14.0 Å². The molecule has 0 fully saturated rings. The Labute approximate surface area is 122 Å². The Bertz CT molecular complexity index is 522. The van der Waals surface area contributed by atoms with Gasteiger partial charge in [-0.05, 0) is 32.0 Å². The molecule has 6 nitrogen and oxygen atoms in total. The fourth-order valence-electron chi connectivity index (χ4n) is 1.76. The van der Waals surface area contributed by atoms with E-state index in [1.165, 1.54) is 25.3 Å². The summed E-state index contributed by atoms with van der Waals surface area (Å²) in [7, 11) is 1.44. The van der Waals surface area contributed by atoms with Gasteiger partial charge in [-0.2, -0.15) is 0 Å². The molecule has 1 rings (SSSR count). The molecule has 0 aliphatic carbocycles. The largest absolute Gasteiger partial charge is 0.496 e. The number of nitrogens with two attached hydrogens (primary N) is 1. The standard InChI is InChI=1S/C14H19FN2O4/c1-4-21-14(19)12(16)13(18)17-8(2)10-7-9(15)5-6-11(10)20-3/h5-8,12H,4,16H2,1-3H3,(H,17,18). The van der Waals surface area contributed by atoms with Gasteiger partial charge in [0, 0.05) is 5.56 Å². The number of rotatable bonds is 6. The van der Waals surface area contributed by atoms with Gasteiger partial charge in [0.15, 0.2) is 6.04 Å². The molecule has 7 heteroatoms. The van der Waals surface area contributed by atoms with Crippen molar-refractivity contribution in [3.63, 3.8) is 0 Å². The molecule has 0 bridgehead atoms. The first-order valence-corrected chi connectivity index (χ1v) is 6.46. The zero-order valence-corrected chi connectivity index (χ0v) is 12.2. The maximum absolute atomic E-state index is 13.3. The lowest BCUT2D eigenvalue weighted by Gasteiger charge is -2.19. The van der Waals surface area contributed by atoms with Gasteiger partial charge in [-0.3, -0.25) is 4.79 Å². The van der Waals surface area contributed by atoms with Gasteiger partial charge in [0.1, 0.15) is 11.6 Å². The lowest BCUT2D eigenvalue weighted by Crippen LogP contribution is -2.47. The smallest absolute Gasteiger partial charge is 0.332 e. The molecule has 21 heavy (non-hydrogen) atoms. The minimum Gasteiger partial charge on any atom is -0.496 e. The quantitative estimate of drug-likeness (QED) is 0.601. The van der Waals surface area contributed by atoms with Gasteiger partial charge in [0.05, 0.1) is 19.8 Å². The summed E-state index contributed by atoms with van der Waals surface area (Å²) in [5.41, 5.74) is 5.93. The van der Waals surface area contributed by atoms with E-state index < -0.39 is 29.8 Å². The average molecular weight is 298 g/mol. The number of amides is 1. The number of halogens is 1. The van der Waals surface area contributed by atoms with Crippen molar-refractivity contribution in [1.82, 2.24) is 5.32 Å². The molecular weight excluding hydrogens is 279 g/mol. The Hall–Kier alpha value is -2.15. The molecule has 0 aliphatic rings. The topological polar surface area (TPSA) is 90.7 Å². The molecule has 1 aromatic carbocycles. The van der Waals surface area contributed by atoms with Gasteiger partial charge >= 0.3 is 5.97 Å². The monoisotopic (exact) mass is 298 g/mol. The maximum Gasteiger partial charge on any atom is 0.332 e. The summed E-state index contributed by atoms with van der Waals surface area (Å²) in [6.45, 7) is 3.38. The van der Waals surface area contributed by atoms with E-state index in [-0.39, 0.29) is 6.61 Å². The number of ether oxygens (including phenoxy) is 2. The molecule has 2 atom stereocenters. The van der Waals surface area contributed by atoms with E-state index in [0.29, 0.717) is 11.3 Å². The van der Waals surface area contributed by atoms with Gasteiger partial charge in [-0.1, -0.05) is 0 Å². The summed E-state index contributed by atoms with van der Waals surface area (Å²) >= 11 is 0. The van der Waals surface area contributed by atoms with Crippen LogP contribution in [0.3, 0.4) is 0 Å². The molecule has 0 aliphatic heterocycles. The third kappa shape index (κ3) is 4.42. The third-order valence-corrected chi connectivity index (χ3v) is 2.84. The fraction of sp³-hybridized carbons (Fsp3) is 0.429. The van der Waals surface area contributed by atoms with Crippen molar-refractivity contribution in [2.45, 2.75) is 25.9 Å². The predicted octanol–water partition coefficient (Wildman–Crippen LogP) is 0.902. The van der Waals surface area contributed by atoms with Crippen molar-refractivity contribution in [3.8, 4) is 5.75 Å². The highest BCUT2D eigenvalue weighted by Gasteiger charge is 2.25. The molecule has 3 N–H and O–H groups in total. The maximum atomic E-state index is 13.3. The van der Waals surface area contributed by atoms with Crippen LogP contribution in [-0.2, 0) is 14.3 Å². The lowest BCUT2D eigenvalue weighted by atomic mass is 10.1. The van der Waals surface area contributed by atoms with Crippen LogP contribution < -0.4 is 15.8 Å². The van der Waals surface area contributed by atoms with Crippen LogP contribution >= 0.6 is 0 Å². The normalized spacial score (nSPS) is 13.2. The summed E-state index contributed by atoms with van der Waals surface area (Å²) in [6, 6.07) is 1.95. The Balaban J connectivity index is 2.81. The van der Waals surface area contributed by atoms with E-state index in [4.69, 9.17) is 10.5 Å². The first-order valence-electron chi connectivity index (χ1n) is 6.46. The zero-order chi connectivity index (χ0) is 16.0. The molecule has 0 spiro atoms. The van der Waals surface area contributed by atoms with E-state index in [1.807, 2.05) is 0 Å². The van der Waals surface area contributed by atoms with Crippen molar-refractivity contribution < 1.29 is 23.5 Å². The van der Waals surface area contributed by atoms with Crippen LogP contribution in [0.5, 0.6) is 5.75 Å². The molecule has 2 unspecified atom stereocenters. The Kier molecular flexibility index (Phi) is 6.10. The van der Waals surface area contributed by atoms with Crippen molar-refractivity contribution in [2.24, 2.45) is 5.73 Å². The summed E-state index contributed by atoms with van der Waals surface area (Å²) in [6.07, 6.45) is 0. The number of esters is 1. The Morgan fingerprint density at radius 2 is 2.10 bits per heavy atom. The highest BCUT2D eigenvalue weighted by molar-refractivity contribution is 6.01. The molecular formula is C14H19FN2O4. The second kappa shape index (κ2) is 7.58. The first kappa shape index (κ1) is 16.9. The van der Waals surface area contributed by atoms with Gasteiger partial charge in [-0.15, -0.1) is 0 Å². The molecule has 0 heterocycles. The van der Waals surface area contributed by atoms with Gasteiger partial charge in [0.2, 0.25) is 5.91 Å². The fourth-order valence-corrected chi connectivity index (χ4v) is 1.76. The molecule has 0 aromatic heterocycles. The van der Waals surface area contributed by atoms with E-state index >= 15 is 0 Å². The molecule has 1 aromatic rings. The molecule has 0 saturated carbocycles. The number of carbonyl (C=O) groups is 2. The first-order chi connectivity index (χ1) is 9.90. The SMILES string of the molecule is CCOC(=O)C(N)C(=O)NC(C)c1cc(F)ccc1OC. The summed E-state index contributed by atoms with van der Waals surface area (Å²) in [5.74, 6) is -1.55. The third-order valence-electron chi connectivity index (χ3n) is 2.84. The Morgan fingerprint density at radius 3 is 2.67 bits per heavy atom. The number of nitrogens with one attached hydrogen (secondary N) is 1. The number of hydrogen-bond donors (Lipinski definition) is 2. The summed E-state index contributed by atoms with van der Waals surface area (Å²) < 4.78 is 23.1. The van der Waals surface area contributed by atoms with Crippen LogP contribution in [0.25, 0.3) is 0 Å². The molecule has 116 valence electrons. The molecule has 0 saturated heterocycles. The highest BCUT2D eigenvalue weighted by Crippen LogP contribution is 2.25. The van der Waals surface area contributed by atoms with Crippen molar-refractivity contribution in [1.29, 1.82) is 0 Å². The van der Waals surface area contributed by atoms with E-state index in [1.54, 1.807) is 13.8 Å². The van der Waals surface area contributed by atoms with Crippen LogP contribution in [0.1, 0.15) is 25.5 Å². The molecule has 0 radical (unpaired) electrons. The van der Waals surface area contributed by atoms with Crippen LogP contribution in [0.15, 0.2) is 18.2 Å². The van der Waals surface area contributed by atoms with E-state index in [0.717, 1.165) is 0 Å². The number of methoxy groups -OCH3 is 1. The summed E-state index contributed by atoms with van der Waals surface area (Å²) in [4.78, 5) is 23.2. The van der Waals surface area contributed by atoms with Crippen LogP contribution in [0, 0.1) is 5.82 Å². The second-order valence-corrected chi connectivity index (χ2v) is 4.35. The van der Waals surface area contributed by atoms with Gasteiger partial charge in [0.25, 0.3) is 0 Å². The summed E-state index contributed by atoms with van der Waals surface area (Å²) in [5, 5.41) is 2.53. The minimum absolute atomic E-state index is 0.132. The van der Waals surface area contributed by atoms with Crippen molar-refractivity contribution >= 4 is 11.9 Å². The van der Waals surface area contributed by atoms with Gasteiger partial charge < -0.3 is 20.5 Å². The molecule has 1 amide bonds. The number of carbonyl (C=O) groups excluding carboxylic acids is 2. The van der Waals surface area contributed by atoms with Crippen LogP contribution in [-0.4, -0.2) is 31.6 Å². The van der Waals surface area contributed by atoms with Crippen molar-refractivity contribution in [3.05, 3.63) is 29.6 Å². The predicted molar refractivity (Wildman–Crippen MR) is 74.1 cm³/mol. The second-order valence-electron chi connectivity index (χ2n) is 4.35. The lowest BCUT2D eigenvalue weighted by molar-refractivity contribution is -0.148. The average Bonchev–Trinajstić information content (AvgIpc) is 2.46. The van der Waals surface area contributed by atoms with Gasteiger partial charge in [-0.25, -0.2) is 9.18 Å². The number of hydrogen-bond acceptors (Lipinski definition) is 5.